The maximum Gasteiger partial charge on any atom is 0.231 e. The largest absolute Gasteiger partial charge is 0.455 e. The summed E-state index contributed by atoms with van der Waals surface area (Å²) in [7, 11) is 0. The Balaban J connectivity index is 1.26. The van der Waals surface area contributed by atoms with Gasteiger partial charge in [0.1, 0.15) is 16.7 Å². The zero-order valence-corrected chi connectivity index (χ0v) is 27.2. The van der Waals surface area contributed by atoms with Gasteiger partial charge in [0.05, 0.1) is 22.1 Å². The summed E-state index contributed by atoms with van der Waals surface area (Å²) in [5.74, 6) is 0.590. The molecule has 11 aromatic rings. The summed E-state index contributed by atoms with van der Waals surface area (Å²) in [5.41, 5.74) is 11.1. The molecule has 0 radical (unpaired) electrons. The van der Waals surface area contributed by atoms with Gasteiger partial charge in [-0.25, -0.2) is 4.98 Å². The second kappa shape index (κ2) is 10.8. The molecule has 0 aliphatic carbocycles. The normalized spacial score (nSPS) is 11.9. The minimum absolute atomic E-state index is 0.540. The minimum Gasteiger partial charge on any atom is -0.455 e. The maximum atomic E-state index is 6.56. The van der Waals surface area contributed by atoms with E-state index in [1.54, 1.807) is 0 Å². The number of fused-ring (bicyclic) bond motifs is 9. The van der Waals surface area contributed by atoms with Gasteiger partial charge in [0, 0.05) is 43.7 Å². The highest BCUT2D eigenvalue weighted by molar-refractivity contribution is 6.18. The summed E-state index contributed by atoms with van der Waals surface area (Å²) in [6, 6.07) is 56.7. The quantitative estimate of drug-likeness (QED) is 0.190. The molecule has 0 amide bonds. The van der Waals surface area contributed by atoms with Crippen LogP contribution in [-0.4, -0.2) is 14.5 Å². The van der Waals surface area contributed by atoms with Gasteiger partial charge < -0.3 is 13.4 Å². The lowest BCUT2D eigenvalue weighted by Crippen LogP contribution is -1.96. The predicted octanol–water partition coefficient (Wildman–Crippen LogP) is 12.4. The van der Waals surface area contributed by atoms with Crippen LogP contribution in [0.25, 0.3) is 105 Å². The summed E-state index contributed by atoms with van der Waals surface area (Å²) in [4.78, 5) is 10.7. The fraction of sp³-hybridized carbons (Fsp3) is 0. The van der Waals surface area contributed by atoms with E-state index >= 15 is 0 Å². The van der Waals surface area contributed by atoms with Crippen LogP contribution in [0.15, 0.2) is 173 Å². The average molecular weight is 654 g/mol. The Kier molecular flexibility index (Phi) is 5.89. The Morgan fingerprint density at radius 1 is 0.431 bits per heavy atom. The second-order valence-electron chi connectivity index (χ2n) is 12.9. The zero-order valence-electron chi connectivity index (χ0n) is 27.2. The fourth-order valence-corrected chi connectivity index (χ4v) is 7.79. The third kappa shape index (κ3) is 4.15. The van der Waals surface area contributed by atoms with Crippen LogP contribution in [0.1, 0.15) is 0 Å². The smallest absolute Gasteiger partial charge is 0.231 e. The number of furan rings is 2. The molecule has 0 bridgehead atoms. The lowest BCUT2D eigenvalue weighted by molar-refractivity contribution is 0.653. The molecule has 0 saturated heterocycles. The molecule has 0 aliphatic rings. The molecular formula is C46H27N3O2. The van der Waals surface area contributed by atoms with Crippen LogP contribution in [0.4, 0.5) is 0 Å². The Labute approximate surface area is 291 Å². The Hall–Kier alpha value is -6.98. The fourth-order valence-electron chi connectivity index (χ4n) is 7.79. The van der Waals surface area contributed by atoms with Crippen molar-refractivity contribution in [1.29, 1.82) is 0 Å². The topological polar surface area (TPSA) is 57.0 Å². The van der Waals surface area contributed by atoms with Gasteiger partial charge in [0.25, 0.3) is 0 Å². The van der Waals surface area contributed by atoms with E-state index < -0.39 is 0 Å². The van der Waals surface area contributed by atoms with Crippen molar-refractivity contribution in [3.05, 3.63) is 164 Å². The summed E-state index contributed by atoms with van der Waals surface area (Å²) in [6.45, 7) is 0. The van der Waals surface area contributed by atoms with E-state index in [-0.39, 0.29) is 0 Å². The molecule has 4 aromatic heterocycles. The van der Waals surface area contributed by atoms with Crippen molar-refractivity contribution < 1.29 is 8.83 Å². The number of hydrogen-bond donors (Lipinski definition) is 0. The minimum atomic E-state index is 0.540. The summed E-state index contributed by atoms with van der Waals surface area (Å²) in [6.07, 6.45) is 0. The number of hydrogen-bond acceptors (Lipinski definition) is 4. The second-order valence-corrected chi connectivity index (χ2v) is 12.9. The molecule has 7 aromatic carbocycles. The third-order valence-corrected chi connectivity index (χ3v) is 10.1. The molecule has 0 aliphatic heterocycles. The highest BCUT2D eigenvalue weighted by Gasteiger charge is 2.24. The van der Waals surface area contributed by atoms with Gasteiger partial charge in [-0.2, -0.15) is 4.98 Å². The molecular weight excluding hydrogens is 627 g/mol. The Bertz CT molecular complexity index is 3130. The van der Waals surface area contributed by atoms with Crippen molar-refractivity contribution in [3.8, 4) is 39.5 Å². The number of aromatic nitrogens is 3. The first-order valence-electron chi connectivity index (χ1n) is 17.1. The monoisotopic (exact) mass is 653 g/mol. The average Bonchev–Trinajstić information content (AvgIpc) is 3.87. The predicted molar refractivity (Wildman–Crippen MR) is 207 cm³/mol. The van der Waals surface area contributed by atoms with Crippen LogP contribution in [0.2, 0.25) is 0 Å². The standard InChI is InChI=1S/C46H27N3O2/c1-3-13-28(14-4-1)29-25-26-37-36(27-29)41-34(20-12-22-38(41)49(37)30-15-5-2-6-16-30)45-47-43(42-33-18-8-10-24-40(33)51-46(42)48-45)35-21-11-19-32-31-17-7-9-23-39(31)50-44(32)35/h1-27H. The van der Waals surface area contributed by atoms with E-state index in [0.29, 0.717) is 11.5 Å². The van der Waals surface area contributed by atoms with Gasteiger partial charge >= 0.3 is 0 Å². The maximum absolute atomic E-state index is 6.56. The summed E-state index contributed by atoms with van der Waals surface area (Å²) >= 11 is 0. The molecule has 0 N–H and O–H groups in total. The SMILES string of the molecule is c1ccc(-c2ccc3c(c2)c2c(-c4nc(-c5cccc6c5oc5ccccc56)c5c(n4)oc4ccccc45)cccc2n3-c2ccccc2)cc1. The molecule has 5 heteroatoms. The Morgan fingerprint density at radius 2 is 1.12 bits per heavy atom. The lowest BCUT2D eigenvalue weighted by atomic mass is 10.00. The van der Waals surface area contributed by atoms with Crippen molar-refractivity contribution in [1.82, 2.24) is 14.5 Å². The molecule has 5 nitrogen and oxygen atoms in total. The molecule has 0 atom stereocenters. The van der Waals surface area contributed by atoms with Gasteiger partial charge in [0.15, 0.2) is 5.82 Å². The van der Waals surface area contributed by atoms with Gasteiger partial charge in [-0.15, -0.1) is 0 Å². The zero-order chi connectivity index (χ0) is 33.5. The van der Waals surface area contributed by atoms with E-state index in [1.807, 2.05) is 36.4 Å². The van der Waals surface area contributed by atoms with Gasteiger partial charge in [-0.1, -0.05) is 115 Å². The van der Waals surface area contributed by atoms with Crippen molar-refractivity contribution in [2.45, 2.75) is 0 Å². The number of rotatable bonds is 4. The number of para-hydroxylation sites is 4. The summed E-state index contributed by atoms with van der Waals surface area (Å²) < 4.78 is 15.4. The lowest BCUT2D eigenvalue weighted by Gasteiger charge is -2.10. The van der Waals surface area contributed by atoms with Crippen molar-refractivity contribution in [2.24, 2.45) is 0 Å². The first-order chi connectivity index (χ1) is 25.3. The molecule has 238 valence electrons. The van der Waals surface area contributed by atoms with E-state index in [1.165, 1.54) is 5.56 Å². The first-order valence-corrected chi connectivity index (χ1v) is 17.1. The molecule has 11 rings (SSSR count). The van der Waals surface area contributed by atoms with Crippen LogP contribution >= 0.6 is 0 Å². The first kappa shape index (κ1) is 27.9. The molecule has 0 spiro atoms. The van der Waals surface area contributed by atoms with Crippen molar-refractivity contribution >= 4 is 65.8 Å². The van der Waals surface area contributed by atoms with Gasteiger partial charge in [-0.05, 0) is 59.7 Å². The highest BCUT2D eigenvalue weighted by Crippen LogP contribution is 2.44. The van der Waals surface area contributed by atoms with E-state index in [4.69, 9.17) is 18.8 Å². The van der Waals surface area contributed by atoms with E-state index in [0.717, 1.165) is 88.2 Å². The molecule has 0 fully saturated rings. The van der Waals surface area contributed by atoms with Crippen molar-refractivity contribution in [3.63, 3.8) is 0 Å². The van der Waals surface area contributed by atoms with Crippen LogP contribution < -0.4 is 0 Å². The summed E-state index contributed by atoms with van der Waals surface area (Å²) in [5, 5.41) is 6.16. The molecule has 4 heterocycles. The van der Waals surface area contributed by atoms with Crippen LogP contribution in [0.5, 0.6) is 0 Å². The van der Waals surface area contributed by atoms with Crippen LogP contribution in [0, 0.1) is 0 Å². The van der Waals surface area contributed by atoms with Crippen LogP contribution in [0.3, 0.4) is 0 Å². The Morgan fingerprint density at radius 3 is 1.96 bits per heavy atom. The van der Waals surface area contributed by atoms with E-state index in [9.17, 15) is 0 Å². The third-order valence-electron chi connectivity index (χ3n) is 10.1. The molecule has 0 unspecified atom stereocenters. The number of nitrogens with zero attached hydrogens (tertiary/aromatic N) is 3. The molecule has 51 heavy (non-hydrogen) atoms. The molecule has 0 saturated carbocycles. The highest BCUT2D eigenvalue weighted by atomic mass is 16.3. The van der Waals surface area contributed by atoms with Gasteiger partial charge in [-0.3, -0.25) is 0 Å². The van der Waals surface area contributed by atoms with Crippen molar-refractivity contribution in [2.75, 3.05) is 0 Å². The number of benzene rings is 7. The van der Waals surface area contributed by atoms with E-state index in [2.05, 4.69) is 132 Å². The van der Waals surface area contributed by atoms with Gasteiger partial charge in [0.2, 0.25) is 5.71 Å². The van der Waals surface area contributed by atoms with Crippen LogP contribution in [-0.2, 0) is 0 Å².